The summed E-state index contributed by atoms with van der Waals surface area (Å²) in [6.45, 7) is 0. The maximum atomic E-state index is 2.47. The lowest BCUT2D eigenvalue weighted by atomic mass is 10.2. The van der Waals surface area contributed by atoms with Gasteiger partial charge in [-0.1, -0.05) is 48.6 Å². The normalized spacial score (nSPS) is 23.0. The number of hydrogen-bond acceptors (Lipinski definition) is 0. The first-order valence-corrected chi connectivity index (χ1v) is 11.5. The number of benzene rings is 2. The monoisotopic (exact) mass is 498 g/mol. The molecule has 0 aromatic heterocycles. The fourth-order valence-corrected chi connectivity index (χ4v) is 10.1. The van der Waals surface area contributed by atoms with E-state index in [1.807, 2.05) is 7.16 Å². The first kappa shape index (κ1) is 14.0. The number of allylic oxidation sites excluding steroid dienone is 4. The van der Waals surface area contributed by atoms with Gasteiger partial charge in [-0.3, -0.25) is 0 Å². The van der Waals surface area contributed by atoms with Crippen LogP contribution in [0.15, 0.2) is 80.0 Å². The van der Waals surface area contributed by atoms with Gasteiger partial charge in [0.2, 0.25) is 7.16 Å². The average Bonchev–Trinajstić information content (AvgIpc) is 3.13. The smallest absolute Gasteiger partial charge is 0.0761 e. The van der Waals surface area contributed by atoms with E-state index in [0.717, 1.165) is 11.8 Å². The van der Waals surface area contributed by atoms with Crippen LogP contribution in [0.3, 0.4) is 0 Å². The lowest BCUT2D eigenvalue weighted by Gasteiger charge is -1.98. The zero-order valence-electron chi connectivity index (χ0n) is 11.5. The highest BCUT2D eigenvalue weighted by Gasteiger charge is 2.50. The summed E-state index contributed by atoms with van der Waals surface area (Å²) >= 11 is 0.0488. The predicted octanol–water partition coefficient (Wildman–Crippen LogP) is -1.68. The summed E-state index contributed by atoms with van der Waals surface area (Å²) in [5.41, 5.74) is 0. The summed E-state index contributed by atoms with van der Waals surface area (Å²) in [4.78, 5) is 0. The summed E-state index contributed by atoms with van der Waals surface area (Å²) in [6.07, 6.45) is 6.31. The molecule has 2 atom stereocenters. The molecule has 2 aliphatic carbocycles. The van der Waals surface area contributed by atoms with Gasteiger partial charge in [-0.15, -0.1) is 0 Å². The molecule has 2 bridgehead atoms. The van der Waals surface area contributed by atoms with Crippen LogP contribution in [0.1, 0.15) is 6.42 Å². The fraction of sp³-hybridized carbons (Fsp3) is 0.158. The Kier molecular flexibility index (Phi) is 4.16. The Bertz CT molecular complexity index is 627. The predicted molar refractivity (Wildman–Crippen MR) is 78.0 cm³/mol. The standard InChI is InChI=1S/C19H16I2/c1-3-7-16(8-4-1)20-18-14-11-12-15(13-14)19(18)21-17-9-5-2-6-10-17/h1-12,14-15H,13H2/q+2. The number of hydrogen-bond donors (Lipinski definition) is 0. The first-order valence-electron chi connectivity index (χ1n) is 7.22. The van der Waals surface area contributed by atoms with E-state index in [0.29, 0.717) is 0 Å². The van der Waals surface area contributed by atoms with Crippen molar-refractivity contribution < 1.29 is 42.4 Å². The van der Waals surface area contributed by atoms with Crippen molar-refractivity contribution in [2.45, 2.75) is 6.42 Å². The Morgan fingerprint density at radius 3 is 1.48 bits per heavy atom. The Labute approximate surface area is 146 Å². The van der Waals surface area contributed by atoms with Gasteiger partial charge in [0.05, 0.1) is 11.8 Å². The number of halogens is 2. The molecule has 2 aliphatic rings. The first-order chi connectivity index (χ1) is 10.4. The molecule has 2 heteroatoms. The molecule has 0 radical (unpaired) electrons. The zero-order valence-corrected chi connectivity index (χ0v) is 15.9. The van der Waals surface area contributed by atoms with E-state index in [1.54, 1.807) is 7.14 Å². The molecule has 21 heavy (non-hydrogen) atoms. The number of rotatable bonds is 4. The molecular formula is C19H16I2+2. The van der Waals surface area contributed by atoms with Crippen molar-refractivity contribution in [2.24, 2.45) is 11.8 Å². The van der Waals surface area contributed by atoms with E-state index in [4.69, 9.17) is 0 Å². The molecule has 0 heterocycles. The second kappa shape index (κ2) is 6.24. The molecule has 0 N–H and O–H groups in total. The van der Waals surface area contributed by atoms with Crippen molar-refractivity contribution in [1.29, 1.82) is 0 Å². The minimum Gasteiger partial charge on any atom is -0.0761 e. The van der Waals surface area contributed by atoms with Gasteiger partial charge in [-0.25, -0.2) is 0 Å². The highest BCUT2D eigenvalue weighted by atomic mass is 127. The molecular weight excluding hydrogens is 482 g/mol. The van der Waals surface area contributed by atoms with Gasteiger partial charge in [0.25, 0.3) is 0 Å². The maximum absolute atomic E-state index is 2.47. The van der Waals surface area contributed by atoms with Crippen LogP contribution in [0.25, 0.3) is 0 Å². The lowest BCUT2D eigenvalue weighted by Crippen LogP contribution is -3.66. The SMILES string of the molecule is C1=CC2CC1C([I+]c1ccccc1)=C2[I+]c1ccccc1. The molecule has 0 nitrogen and oxygen atoms in total. The van der Waals surface area contributed by atoms with Gasteiger partial charge < -0.3 is 0 Å². The molecule has 0 amide bonds. The van der Waals surface area contributed by atoms with Crippen LogP contribution in [0.2, 0.25) is 0 Å². The molecule has 2 aromatic carbocycles. The summed E-state index contributed by atoms with van der Waals surface area (Å²) in [5, 5.41) is 0. The molecule has 0 aliphatic heterocycles. The third-order valence-electron chi connectivity index (χ3n) is 3.85. The van der Waals surface area contributed by atoms with Gasteiger partial charge in [0.1, 0.15) is 0 Å². The van der Waals surface area contributed by atoms with E-state index in [9.17, 15) is 0 Å². The largest absolute Gasteiger partial charge is 0.358 e. The van der Waals surface area contributed by atoms with Gasteiger partial charge in [0, 0.05) is 0 Å². The van der Waals surface area contributed by atoms with Crippen molar-refractivity contribution in [3.63, 3.8) is 0 Å². The van der Waals surface area contributed by atoms with E-state index in [2.05, 4.69) is 72.8 Å². The topological polar surface area (TPSA) is 0 Å². The molecule has 2 aromatic rings. The molecule has 0 spiro atoms. The second-order valence-corrected chi connectivity index (χ2v) is 11.2. The molecule has 0 saturated carbocycles. The Hall–Kier alpha value is -0.620. The lowest BCUT2D eigenvalue weighted by molar-refractivity contribution is -0.622. The van der Waals surface area contributed by atoms with Crippen molar-refractivity contribution in [3.05, 3.63) is 87.1 Å². The van der Waals surface area contributed by atoms with Crippen LogP contribution >= 0.6 is 0 Å². The molecule has 4 rings (SSSR count). The van der Waals surface area contributed by atoms with Crippen LogP contribution in [-0.4, -0.2) is 0 Å². The van der Waals surface area contributed by atoms with E-state index in [1.165, 1.54) is 6.42 Å². The molecule has 0 saturated heterocycles. The third kappa shape index (κ3) is 2.97. The van der Waals surface area contributed by atoms with Crippen LogP contribution in [-0.2, 0) is 0 Å². The summed E-state index contributed by atoms with van der Waals surface area (Å²) < 4.78 is 6.82. The third-order valence-corrected chi connectivity index (χ3v) is 11.5. The van der Waals surface area contributed by atoms with Crippen LogP contribution < -0.4 is 42.4 Å². The van der Waals surface area contributed by atoms with Gasteiger partial charge in [-0.05, 0) is 30.7 Å². The maximum Gasteiger partial charge on any atom is 0.358 e. The Balaban J connectivity index is 1.64. The summed E-state index contributed by atoms with van der Waals surface area (Å²) in [5.74, 6) is 1.53. The van der Waals surface area contributed by atoms with Gasteiger partial charge in [0.15, 0.2) is 7.14 Å². The number of fused-ring (bicyclic) bond motifs is 2. The zero-order chi connectivity index (χ0) is 14.1. The Morgan fingerprint density at radius 1 is 0.619 bits per heavy atom. The highest BCUT2D eigenvalue weighted by Crippen LogP contribution is 2.36. The quantitative estimate of drug-likeness (QED) is 0.350. The minimum absolute atomic E-state index is 0.0244. The van der Waals surface area contributed by atoms with E-state index < -0.39 is 0 Å². The van der Waals surface area contributed by atoms with Crippen molar-refractivity contribution in [2.75, 3.05) is 0 Å². The van der Waals surface area contributed by atoms with Crippen LogP contribution in [0.5, 0.6) is 0 Å². The molecule has 2 unspecified atom stereocenters. The highest BCUT2D eigenvalue weighted by molar-refractivity contribution is 5.29. The van der Waals surface area contributed by atoms with Crippen LogP contribution in [0, 0.1) is 19.0 Å². The minimum atomic E-state index is 0.0244. The van der Waals surface area contributed by atoms with Crippen LogP contribution in [0.4, 0.5) is 0 Å². The van der Waals surface area contributed by atoms with Crippen molar-refractivity contribution in [1.82, 2.24) is 0 Å². The van der Waals surface area contributed by atoms with E-state index in [-0.39, 0.29) is 42.4 Å². The van der Waals surface area contributed by atoms with E-state index >= 15 is 0 Å². The second-order valence-electron chi connectivity index (χ2n) is 5.31. The van der Waals surface area contributed by atoms with Crippen molar-refractivity contribution in [3.8, 4) is 0 Å². The summed E-state index contributed by atoms with van der Waals surface area (Å²) in [6, 6.07) is 22.2. The Morgan fingerprint density at radius 2 is 1.05 bits per heavy atom. The van der Waals surface area contributed by atoms with Gasteiger partial charge in [-0.2, -0.15) is 0 Å². The van der Waals surface area contributed by atoms with Crippen molar-refractivity contribution >= 4 is 0 Å². The molecule has 104 valence electrons. The fourth-order valence-electron chi connectivity index (χ4n) is 2.85. The average molecular weight is 498 g/mol. The van der Waals surface area contributed by atoms with Gasteiger partial charge >= 0.3 is 42.4 Å². The summed E-state index contributed by atoms with van der Waals surface area (Å²) in [7, 11) is 0. The molecule has 0 fully saturated rings.